The fourth-order valence-corrected chi connectivity index (χ4v) is 1.98. The Hall–Kier alpha value is 0.220. The topological polar surface area (TPSA) is 169 Å². The normalized spacial score (nSPS) is 41.0. The van der Waals surface area contributed by atoms with E-state index in [1.54, 1.807) is 0 Å². The molecule has 8 nitrogen and oxygen atoms in total. The molecule has 0 radical (unpaired) electrons. The van der Waals surface area contributed by atoms with Gasteiger partial charge in [0, 0.05) is 11.9 Å². The van der Waals surface area contributed by atoms with Crippen molar-refractivity contribution in [1.29, 1.82) is 4.29 Å². The van der Waals surface area contributed by atoms with Crippen LogP contribution in [0.2, 0.25) is 4.24 Å². The van der Waals surface area contributed by atoms with Crippen molar-refractivity contribution in [2.24, 2.45) is 0 Å². The van der Waals surface area contributed by atoms with Gasteiger partial charge < -0.3 is 39.5 Å². The molecule has 2 atom stereocenters. The maximum absolute atomic E-state index is 11.9. The molecule has 2 unspecified atom stereocenters. The van der Waals surface area contributed by atoms with Gasteiger partial charge in [-0.05, 0) is 6.37 Å². The van der Waals surface area contributed by atoms with Crippen LogP contribution in [0, 0.1) is 0 Å². The van der Waals surface area contributed by atoms with E-state index < -0.39 is 45.2 Å². The summed E-state index contributed by atoms with van der Waals surface area (Å²) in [6, 6.07) is 0. The summed E-state index contributed by atoms with van der Waals surface area (Å²) in [5.74, 6) is 0. The van der Waals surface area contributed by atoms with E-state index in [9.17, 15) is 18.9 Å². The van der Waals surface area contributed by atoms with Crippen molar-refractivity contribution in [3.63, 3.8) is 0 Å². The molecule has 6 N–H and O–H groups in total. The monoisotopic (exact) mass is 260 g/mol. The van der Waals surface area contributed by atoms with Crippen molar-refractivity contribution in [2.45, 2.75) is 17.8 Å². The molecule has 0 aromatic rings. The summed E-state index contributed by atoms with van der Waals surface area (Å²) in [6.45, 7) is -4.32. The van der Waals surface area contributed by atoms with Crippen LogP contribution in [0.4, 0.5) is 0 Å². The van der Waals surface area contributed by atoms with Crippen LogP contribution in [0.15, 0.2) is 0 Å². The van der Waals surface area contributed by atoms with Crippen molar-refractivity contribution in [3.8, 4) is 0 Å². The van der Waals surface area contributed by atoms with Gasteiger partial charge in [-0.2, -0.15) is 0 Å². The van der Waals surface area contributed by atoms with E-state index in [0.29, 0.717) is 0 Å². The molecule has 0 aromatic carbocycles. The molecule has 86 valence electrons. The van der Waals surface area contributed by atoms with Crippen LogP contribution in [0.3, 0.4) is 0 Å². The van der Waals surface area contributed by atoms with E-state index >= 15 is 0 Å². The zero-order valence-corrected chi connectivity index (χ0v) is 7.99. The molecule has 0 fully saturated rings. The Labute approximate surface area is 97.4 Å². The number of hydrogen-bond acceptors (Lipinski definition) is 7. The first-order valence-corrected chi connectivity index (χ1v) is 5.81. The van der Waals surface area contributed by atoms with Crippen molar-refractivity contribution < 1.29 is 52.0 Å². The summed E-state index contributed by atoms with van der Waals surface area (Å²) in [5.41, 5.74) is -3.23. The zero-order valence-electron chi connectivity index (χ0n) is 18.2. The Morgan fingerprint density at radius 2 is 2.07 bits per heavy atom. The van der Waals surface area contributed by atoms with Gasteiger partial charge in [-0.3, -0.25) is 0 Å². The Morgan fingerprint density at radius 1 is 1.50 bits per heavy atom. The second kappa shape index (κ2) is 4.38. The minimum atomic E-state index is -6.68. The van der Waals surface area contributed by atoms with Gasteiger partial charge in [-0.15, -0.1) is 0 Å². The molecule has 0 aromatic heterocycles. The molecular weight excluding hydrogens is 236 g/mol. The number of aliphatic hydroxyl groups is 1. The average molecular weight is 260 g/mol. The number of rotatable bonds is 9. The Bertz CT molecular complexity index is 597. The van der Waals surface area contributed by atoms with Gasteiger partial charge in [0.05, 0.1) is 9.24 Å². The highest BCUT2D eigenvalue weighted by atomic mass is 31.2. The number of quaternary nitrogens is 1. The van der Waals surface area contributed by atoms with E-state index in [1.165, 1.54) is 0 Å². The molecule has 0 rings (SSSR count). The Balaban J connectivity index is 7.19. The smallest absolute Gasteiger partial charge is 0.344 e. The van der Waals surface area contributed by atoms with Gasteiger partial charge in [0.1, 0.15) is 0 Å². The standard InChI is InChI=1S/C4H13NO7P2/c5-3-1-2-4(6,13(7,8)9)14(10,11)12/h6H,1-3,5H2,(H2,7,8,9)(H2,10,11,12)/p-1/i1D2,2D2,3D2,6D/hD5. The lowest BCUT2D eigenvalue weighted by molar-refractivity contribution is -0.369. The molecule has 0 saturated carbocycles. The predicted octanol–water partition coefficient (Wildman–Crippen LogP) is -3.25. The van der Waals surface area contributed by atoms with Gasteiger partial charge in [0.2, 0.25) is 4.29 Å². The van der Waals surface area contributed by atoms with Crippen LogP contribution in [-0.2, 0) is 9.13 Å². The Morgan fingerprint density at radius 3 is 2.43 bits per heavy atom. The van der Waals surface area contributed by atoms with Gasteiger partial charge in [0.25, 0.3) is 0 Å². The molecule has 0 amide bonds. The van der Waals surface area contributed by atoms with Gasteiger partial charge >= 0.3 is 4.24 Å². The maximum Gasteiger partial charge on any atom is 0.344 e. The van der Waals surface area contributed by atoms with E-state index in [-0.39, 0.29) is 0 Å². The van der Waals surface area contributed by atoms with Crippen LogP contribution in [0.5, 0.6) is 0 Å². The second-order valence-electron chi connectivity index (χ2n) is 1.96. The van der Waals surface area contributed by atoms with Gasteiger partial charge in [-0.25, -0.2) is 0 Å². The van der Waals surface area contributed by atoms with E-state index in [1.807, 2.05) is 0 Å². The highest BCUT2D eigenvalue weighted by Gasteiger charge is 2.46. The van der Waals surface area contributed by atoms with E-state index in [0.717, 1.165) is 0 Å². The van der Waals surface area contributed by atoms with Gasteiger partial charge in [-0.1, -0.05) is 0 Å². The van der Waals surface area contributed by atoms with Crippen molar-refractivity contribution in [2.75, 3.05) is 6.50 Å². The number of hydrogen-bond donors (Lipinski definition) is 4. The lowest BCUT2D eigenvalue weighted by Crippen LogP contribution is -2.51. The summed E-state index contributed by atoms with van der Waals surface area (Å²) in [6.07, 6.45) is -9.36. The fourth-order valence-electron chi connectivity index (χ4n) is 0.396. The lowest BCUT2D eigenvalue weighted by atomic mass is 10.3. The SMILES string of the molecule is [2H]OC(C([2H])([2H])C([2H])([2H])C([2H])([2H])[N+]([2H])([2H])[2H])(P(=O)([O-])O[2H])P(=O)([O-])O[2H]. The molecule has 14 heavy (non-hydrogen) atoms. The van der Waals surface area contributed by atoms with Crippen LogP contribution in [0.25, 0.3) is 0 Å². The summed E-state index contributed by atoms with van der Waals surface area (Å²) >= 11 is 0. The zero-order chi connectivity index (χ0) is 21.6. The summed E-state index contributed by atoms with van der Waals surface area (Å²) in [7, 11) is -13.4. The van der Waals surface area contributed by atoms with Crippen LogP contribution in [0.1, 0.15) is 21.0 Å². The van der Waals surface area contributed by atoms with Crippen molar-refractivity contribution >= 4 is 15.2 Å². The first-order chi connectivity index (χ1) is 11.2. The molecule has 0 aliphatic rings. The molecule has 0 aliphatic carbocycles. The second-order valence-corrected chi connectivity index (χ2v) is 5.57. The third kappa shape index (κ3) is 2.85. The predicted molar refractivity (Wildman–Crippen MR) is 41.6 cm³/mol. The average Bonchev–Trinajstić information content (AvgIpc) is 2.45. The molecule has 0 spiro atoms. The molecule has 10 heteroatoms. The van der Waals surface area contributed by atoms with E-state index in [4.69, 9.17) is 16.8 Å². The molecule has 0 aliphatic heterocycles. The van der Waals surface area contributed by atoms with Crippen LogP contribution >= 0.6 is 15.2 Å². The van der Waals surface area contributed by atoms with Crippen LogP contribution < -0.4 is 15.5 Å². The highest BCUT2D eigenvalue weighted by molar-refractivity contribution is 7.70. The third-order valence-corrected chi connectivity index (χ3v) is 4.20. The molecule has 0 bridgehead atoms. The molecule has 0 saturated heterocycles. The summed E-state index contributed by atoms with van der Waals surface area (Å²) in [4.78, 5) is 29.9. The largest absolute Gasteiger partial charge is 0.776 e. The highest BCUT2D eigenvalue weighted by Crippen LogP contribution is 2.65. The quantitative estimate of drug-likeness (QED) is 0.315. The minimum Gasteiger partial charge on any atom is -0.776 e. The summed E-state index contributed by atoms with van der Waals surface area (Å²) in [5, 5.41) is -1.61. The summed E-state index contributed by atoms with van der Waals surface area (Å²) < 4.78 is 109. The van der Waals surface area contributed by atoms with Crippen molar-refractivity contribution in [3.05, 3.63) is 0 Å². The minimum absolute atomic E-state index is 3.06. The third-order valence-electron chi connectivity index (χ3n) is 1.02. The van der Waals surface area contributed by atoms with Gasteiger partial charge in [0.15, 0.2) is 20.3 Å². The lowest BCUT2D eigenvalue weighted by Gasteiger charge is -2.41. The maximum atomic E-state index is 11.9. The first kappa shape index (κ1) is 3.91. The first-order valence-electron chi connectivity index (χ1n) is 8.29. The van der Waals surface area contributed by atoms with Crippen LogP contribution in [-0.4, -0.2) is 30.8 Å². The Kier molecular flexibility index (Phi) is 1.22. The molecular formula is C4H12NO7P2-. The van der Waals surface area contributed by atoms with Crippen molar-refractivity contribution in [1.82, 2.24) is 0 Å². The fraction of sp³-hybridized carbons (Fsp3) is 1.00. The molecule has 0 heterocycles. The van der Waals surface area contributed by atoms with E-state index in [2.05, 4.69) is 14.9 Å².